The number of hydrogen-bond donors (Lipinski definition) is 3. The Balaban J connectivity index is 2.00. The van der Waals surface area contributed by atoms with Crippen molar-refractivity contribution in [3.63, 3.8) is 0 Å². The maximum Gasteiger partial charge on any atom is 0.405 e. The summed E-state index contributed by atoms with van der Waals surface area (Å²) >= 11 is 3.34. The average Bonchev–Trinajstić information content (AvgIpc) is 2.85. The molecule has 1 atom stereocenters. The lowest BCUT2D eigenvalue weighted by atomic mass is 9.62. The zero-order valence-corrected chi connectivity index (χ0v) is 15.6. The van der Waals surface area contributed by atoms with Gasteiger partial charge in [-0.05, 0) is 77.6 Å². The topological polar surface area (TPSA) is 74.2 Å². The van der Waals surface area contributed by atoms with E-state index in [4.69, 9.17) is 0 Å². The van der Waals surface area contributed by atoms with Gasteiger partial charge in [-0.25, -0.2) is 14.2 Å². The molecule has 7 heteroatoms. The van der Waals surface area contributed by atoms with Crippen LogP contribution in [-0.2, 0) is 12.0 Å². The molecule has 2 aromatic rings. The molecule has 3 N–H and O–H groups in total. The number of piperidine rings is 1. The maximum absolute atomic E-state index is 13.9. The van der Waals surface area contributed by atoms with Crippen LogP contribution in [0.25, 0.3) is 0 Å². The molecule has 2 aliphatic rings. The van der Waals surface area contributed by atoms with Gasteiger partial charge < -0.3 is 15.7 Å². The predicted molar refractivity (Wildman–Crippen MR) is 98.5 cm³/mol. The number of carboxylic acid groups (broad SMARTS) is 1. The van der Waals surface area contributed by atoms with Gasteiger partial charge in [-0.15, -0.1) is 0 Å². The van der Waals surface area contributed by atoms with Crippen molar-refractivity contribution in [3.8, 4) is 0 Å². The molecule has 4 rings (SSSR count). The van der Waals surface area contributed by atoms with Crippen molar-refractivity contribution in [3.05, 3.63) is 63.6 Å². The van der Waals surface area contributed by atoms with E-state index >= 15 is 0 Å². The van der Waals surface area contributed by atoms with Crippen LogP contribution in [0.5, 0.6) is 0 Å². The van der Waals surface area contributed by atoms with Crippen LogP contribution >= 0.6 is 15.9 Å². The minimum absolute atomic E-state index is 0.298. The van der Waals surface area contributed by atoms with Crippen molar-refractivity contribution in [1.29, 1.82) is 0 Å². The van der Waals surface area contributed by atoms with E-state index < -0.39 is 11.6 Å². The summed E-state index contributed by atoms with van der Waals surface area (Å²) < 4.78 is 14.6. The predicted octanol–water partition coefficient (Wildman–Crippen LogP) is 3.42. The van der Waals surface area contributed by atoms with Crippen molar-refractivity contribution >= 4 is 22.0 Å². The Labute approximate surface area is 159 Å². The van der Waals surface area contributed by atoms with Crippen LogP contribution in [0.15, 0.2) is 41.1 Å². The second kappa shape index (κ2) is 6.32. The van der Waals surface area contributed by atoms with E-state index in [2.05, 4.69) is 31.5 Å². The van der Waals surface area contributed by atoms with Gasteiger partial charge in [0, 0.05) is 17.2 Å². The van der Waals surface area contributed by atoms with Gasteiger partial charge in [0.05, 0.1) is 0 Å². The maximum atomic E-state index is 13.9. The lowest BCUT2D eigenvalue weighted by Gasteiger charge is -2.49. The zero-order valence-electron chi connectivity index (χ0n) is 14.1. The van der Waals surface area contributed by atoms with E-state index in [0.29, 0.717) is 11.0 Å². The molecule has 2 heterocycles. The Morgan fingerprint density at radius 2 is 2.04 bits per heavy atom. The monoisotopic (exact) mass is 419 g/mol. The van der Waals surface area contributed by atoms with Gasteiger partial charge in [-0.1, -0.05) is 12.1 Å². The molecule has 5 nitrogen and oxygen atoms in total. The van der Waals surface area contributed by atoms with Crippen LogP contribution < -0.4 is 10.6 Å². The summed E-state index contributed by atoms with van der Waals surface area (Å²) in [5, 5.41) is 15.9. The van der Waals surface area contributed by atoms with E-state index in [1.807, 2.05) is 12.1 Å². The number of amides is 1. The summed E-state index contributed by atoms with van der Waals surface area (Å²) in [4.78, 5) is 16.2. The fraction of sp³-hybridized carbons (Fsp3) is 0.368. The molecule has 136 valence electrons. The third-order valence-corrected chi connectivity index (χ3v) is 6.28. The molecular weight excluding hydrogens is 401 g/mol. The Kier molecular flexibility index (Phi) is 4.23. The number of nitrogens with zero attached hydrogens (tertiary/aromatic N) is 1. The largest absolute Gasteiger partial charge is 0.465 e. The lowest BCUT2D eigenvalue weighted by molar-refractivity contribution is 0.0849. The molecule has 1 aliphatic heterocycles. The highest BCUT2D eigenvalue weighted by Crippen LogP contribution is 2.58. The van der Waals surface area contributed by atoms with Gasteiger partial charge in [0.15, 0.2) is 0 Å². The quantitative estimate of drug-likeness (QED) is 0.651. The summed E-state index contributed by atoms with van der Waals surface area (Å²) in [7, 11) is 0. The van der Waals surface area contributed by atoms with E-state index in [1.165, 1.54) is 12.1 Å². The molecule has 0 bridgehead atoms. The Bertz CT molecular complexity index is 852. The van der Waals surface area contributed by atoms with E-state index in [1.54, 1.807) is 12.3 Å². The fourth-order valence-electron chi connectivity index (χ4n) is 4.81. The van der Waals surface area contributed by atoms with Crippen LogP contribution in [0.2, 0.25) is 0 Å². The fourth-order valence-corrected chi connectivity index (χ4v) is 5.04. The number of fused-ring (bicyclic) bond motifs is 1. The van der Waals surface area contributed by atoms with Crippen LogP contribution in [-0.4, -0.2) is 29.3 Å². The first-order chi connectivity index (χ1) is 12.5. The Hall–Kier alpha value is -1.99. The molecule has 1 amide bonds. The first kappa shape index (κ1) is 17.4. The summed E-state index contributed by atoms with van der Waals surface area (Å²) in [5.74, 6) is -0.298. The number of benzene rings is 1. The summed E-state index contributed by atoms with van der Waals surface area (Å²) in [6.07, 6.45) is 2.84. The van der Waals surface area contributed by atoms with Gasteiger partial charge in [0.1, 0.15) is 16.0 Å². The third-order valence-electron chi connectivity index (χ3n) is 5.81. The average molecular weight is 420 g/mol. The SMILES string of the molecule is O=C(O)NC1(c2ccc(Br)nc2)c2ccc(F)cc2CC12CCNCC2. The molecule has 1 unspecified atom stereocenters. The van der Waals surface area contributed by atoms with Gasteiger partial charge in [-0.2, -0.15) is 0 Å². The Morgan fingerprint density at radius 1 is 1.27 bits per heavy atom. The smallest absolute Gasteiger partial charge is 0.405 e. The second-order valence-electron chi connectivity index (χ2n) is 7.06. The van der Waals surface area contributed by atoms with Crippen LogP contribution in [0.4, 0.5) is 9.18 Å². The minimum atomic E-state index is -1.09. The molecule has 0 saturated carbocycles. The third kappa shape index (κ3) is 2.53. The normalized spacial score (nSPS) is 23.6. The van der Waals surface area contributed by atoms with Crippen molar-refractivity contribution < 1.29 is 14.3 Å². The number of nitrogens with one attached hydrogen (secondary N) is 2. The summed E-state index contributed by atoms with van der Waals surface area (Å²) in [5.41, 5.74) is 1.17. The van der Waals surface area contributed by atoms with Gasteiger partial charge in [-0.3, -0.25) is 0 Å². The number of aromatic nitrogens is 1. The number of rotatable bonds is 2. The van der Waals surface area contributed by atoms with Crippen molar-refractivity contribution in [2.24, 2.45) is 5.41 Å². The molecule has 1 fully saturated rings. The first-order valence-electron chi connectivity index (χ1n) is 8.60. The van der Waals surface area contributed by atoms with Crippen LogP contribution in [0, 0.1) is 11.2 Å². The molecule has 1 aromatic carbocycles. The van der Waals surface area contributed by atoms with Crippen molar-refractivity contribution in [2.45, 2.75) is 24.8 Å². The minimum Gasteiger partial charge on any atom is -0.465 e. The molecule has 26 heavy (non-hydrogen) atoms. The standard InChI is InChI=1S/C19H19BrFN3O2/c20-16-4-1-13(11-23-16)19(24-17(25)26)15-3-2-14(21)9-12(15)10-18(19)5-7-22-8-6-18/h1-4,9,11,22,24H,5-8,10H2,(H,25,26). The highest BCUT2D eigenvalue weighted by Gasteiger charge is 2.59. The van der Waals surface area contributed by atoms with Gasteiger partial charge >= 0.3 is 6.09 Å². The number of hydrogen-bond acceptors (Lipinski definition) is 3. The highest BCUT2D eigenvalue weighted by molar-refractivity contribution is 9.10. The van der Waals surface area contributed by atoms with Crippen molar-refractivity contribution in [1.82, 2.24) is 15.6 Å². The van der Waals surface area contributed by atoms with E-state index in [9.17, 15) is 14.3 Å². The molecular formula is C19H19BrFN3O2. The Morgan fingerprint density at radius 3 is 2.69 bits per heavy atom. The number of pyridine rings is 1. The first-order valence-corrected chi connectivity index (χ1v) is 9.39. The van der Waals surface area contributed by atoms with Crippen molar-refractivity contribution in [2.75, 3.05) is 13.1 Å². The molecule has 1 aliphatic carbocycles. The second-order valence-corrected chi connectivity index (χ2v) is 7.87. The lowest BCUT2D eigenvalue weighted by Crippen LogP contribution is -2.59. The highest BCUT2D eigenvalue weighted by atomic mass is 79.9. The molecule has 1 spiro atoms. The zero-order chi connectivity index (χ0) is 18.4. The van der Waals surface area contributed by atoms with Crippen LogP contribution in [0.1, 0.15) is 29.5 Å². The summed E-state index contributed by atoms with van der Waals surface area (Å²) in [6, 6.07) is 8.38. The summed E-state index contributed by atoms with van der Waals surface area (Å²) in [6.45, 7) is 1.59. The molecule has 1 saturated heterocycles. The van der Waals surface area contributed by atoms with E-state index in [0.717, 1.165) is 42.6 Å². The molecule has 0 radical (unpaired) electrons. The number of carbonyl (C=O) groups is 1. The van der Waals surface area contributed by atoms with Gasteiger partial charge in [0.25, 0.3) is 0 Å². The van der Waals surface area contributed by atoms with E-state index in [-0.39, 0.29) is 11.2 Å². The number of halogens is 2. The van der Waals surface area contributed by atoms with Gasteiger partial charge in [0.2, 0.25) is 0 Å². The molecule has 1 aromatic heterocycles. The van der Waals surface area contributed by atoms with Crippen LogP contribution in [0.3, 0.4) is 0 Å².